The van der Waals surface area contributed by atoms with E-state index in [-0.39, 0.29) is 5.56 Å². The van der Waals surface area contributed by atoms with Crippen LogP contribution in [0.1, 0.15) is 29.6 Å². The second-order valence-corrected chi connectivity index (χ2v) is 7.13. The lowest BCUT2D eigenvalue weighted by Crippen LogP contribution is -2.29. The van der Waals surface area contributed by atoms with Crippen LogP contribution in [0.3, 0.4) is 0 Å². The van der Waals surface area contributed by atoms with E-state index in [0.29, 0.717) is 22.3 Å². The molecule has 0 spiro atoms. The van der Waals surface area contributed by atoms with Gasteiger partial charge in [0.1, 0.15) is 17.1 Å². The standard InChI is InChI=1S/C22H22FN3O3/c1-29-20-8-7-16(26-9-3-2-4-10-26)13-19(20)25-22(28)17-11-14-5-6-15(23)12-18(14)24-21(17)27/h5-8,11-13H,2-4,9-10H2,1H3,(H,24,27)(H,25,28). The third-order valence-electron chi connectivity index (χ3n) is 5.21. The van der Waals surface area contributed by atoms with Gasteiger partial charge in [-0.3, -0.25) is 9.59 Å². The van der Waals surface area contributed by atoms with Crippen LogP contribution in [0.2, 0.25) is 0 Å². The Morgan fingerprint density at radius 2 is 1.90 bits per heavy atom. The molecule has 0 unspecified atom stereocenters. The highest BCUT2D eigenvalue weighted by Gasteiger charge is 2.17. The molecule has 2 N–H and O–H groups in total. The van der Waals surface area contributed by atoms with Gasteiger partial charge in [0, 0.05) is 18.8 Å². The number of nitrogens with zero attached hydrogens (tertiary/aromatic N) is 1. The molecule has 0 bridgehead atoms. The minimum Gasteiger partial charge on any atom is -0.495 e. The number of fused-ring (bicyclic) bond motifs is 1. The van der Waals surface area contributed by atoms with Crippen molar-refractivity contribution in [1.82, 2.24) is 4.98 Å². The lowest BCUT2D eigenvalue weighted by atomic mass is 10.1. The third-order valence-corrected chi connectivity index (χ3v) is 5.21. The van der Waals surface area contributed by atoms with Crippen molar-refractivity contribution in [3.8, 4) is 5.75 Å². The molecule has 1 aliphatic rings. The average Bonchev–Trinajstić information content (AvgIpc) is 2.73. The monoisotopic (exact) mass is 395 g/mol. The lowest BCUT2D eigenvalue weighted by molar-refractivity contribution is 0.102. The highest BCUT2D eigenvalue weighted by atomic mass is 19.1. The first-order chi connectivity index (χ1) is 14.0. The minimum atomic E-state index is -0.577. The normalized spacial score (nSPS) is 14.1. The Morgan fingerprint density at radius 3 is 2.66 bits per heavy atom. The molecule has 1 aliphatic heterocycles. The molecule has 1 aromatic heterocycles. The summed E-state index contributed by atoms with van der Waals surface area (Å²) in [5.41, 5.74) is 1.22. The van der Waals surface area contributed by atoms with Crippen molar-refractivity contribution in [1.29, 1.82) is 0 Å². The van der Waals surface area contributed by atoms with Gasteiger partial charge in [-0.25, -0.2) is 4.39 Å². The second-order valence-electron chi connectivity index (χ2n) is 7.13. The summed E-state index contributed by atoms with van der Waals surface area (Å²) >= 11 is 0. The number of amides is 1. The topological polar surface area (TPSA) is 74.4 Å². The average molecular weight is 395 g/mol. The van der Waals surface area contributed by atoms with Crippen LogP contribution in [-0.4, -0.2) is 31.1 Å². The summed E-state index contributed by atoms with van der Waals surface area (Å²) in [4.78, 5) is 30.0. The van der Waals surface area contributed by atoms with Crippen molar-refractivity contribution in [2.75, 3.05) is 30.4 Å². The summed E-state index contributed by atoms with van der Waals surface area (Å²) in [6.07, 6.45) is 3.51. The van der Waals surface area contributed by atoms with Crippen LogP contribution in [-0.2, 0) is 0 Å². The van der Waals surface area contributed by atoms with Gasteiger partial charge >= 0.3 is 0 Å². The van der Waals surface area contributed by atoms with Crippen LogP contribution in [0.25, 0.3) is 10.9 Å². The fourth-order valence-corrected chi connectivity index (χ4v) is 3.67. The fraction of sp³-hybridized carbons (Fsp3) is 0.273. The van der Waals surface area contributed by atoms with Gasteiger partial charge in [0.15, 0.2) is 0 Å². The van der Waals surface area contributed by atoms with Crippen molar-refractivity contribution in [3.05, 3.63) is 64.2 Å². The number of piperidine rings is 1. The molecule has 1 saturated heterocycles. The number of carbonyl (C=O) groups excluding carboxylic acids is 1. The number of ether oxygens (including phenoxy) is 1. The molecular formula is C22H22FN3O3. The number of anilines is 2. The number of nitrogens with one attached hydrogen (secondary N) is 2. The van der Waals surface area contributed by atoms with Crippen LogP contribution in [0.15, 0.2) is 47.3 Å². The molecule has 1 fully saturated rings. The smallest absolute Gasteiger partial charge is 0.261 e. The zero-order valence-corrected chi connectivity index (χ0v) is 16.1. The highest BCUT2D eigenvalue weighted by Crippen LogP contribution is 2.31. The molecule has 3 aromatic rings. The molecule has 6 nitrogen and oxygen atoms in total. The number of aromatic amines is 1. The van der Waals surface area contributed by atoms with Gasteiger partial charge in [0.05, 0.1) is 18.3 Å². The van der Waals surface area contributed by atoms with Gasteiger partial charge in [-0.05, 0) is 67.1 Å². The minimum absolute atomic E-state index is 0.0467. The van der Waals surface area contributed by atoms with Gasteiger partial charge < -0.3 is 19.9 Å². The molecule has 0 saturated carbocycles. The summed E-state index contributed by atoms with van der Waals surface area (Å²) in [6.45, 7) is 1.95. The number of carbonyl (C=O) groups is 1. The van der Waals surface area contributed by atoms with Gasteiger partial charge in [-0.2, -0.15) is 0 Å². The van der Waals surface area contributed by atoms with E-state index in [1.54, 1.807) is 0 Å². The summed E-state index contributed by atoms with van der Waals surface area (Å²) in [6, 6.07) is 11.1. The van der Waals surface area contributed by atoms with E-state index in [1.807, 2.05) is 18.2 Å². The maximum atomic E-state index is 13.4. The molecule has 2 heterocycles. The quantitative estimate of drug-likeness (QED) is 0.702. The summed E-state index contributed by atoms with van der Waals surface area (Å²) in [7, 11) is 1.53. The first kappa shape index (κ1) is 19.0. The van der Waals surface area contributed by atoms with Gasteiger partial charge in [-0.1, -0.05) is 0 Å². The molecule has 0 atom stereocenters. The van der Waals surface area contributed by atoms with Crippen LogP contribution < -0.4 is 20.5 Å². The first-order valence-corrected chi connectivity index (χ1v) is 9.62. The van der Waals surface area contributed by atoms with Crippen molar-refractivity contribution in [2.45, 2.75) is 19.3 Å². The summed E-state index contributed by atoms with van der Waals surface area (Å²) in [5.74, 6) is -0.491. The zero-order valence-electron chi connectivity index (χ0n) is 16.1. The van der Waals surface area contributed by atoms with E-state index in [9.17, 15) is 14.0 Å². The zero-order chi connectivity index (χ0) is 20.4. The van der Waals surface area contributed by atoms with E-state index in [4.69, 9.17) is 4.74 Å². The first-order valence-electron chi connectivity index (χ1n) is 9.62. The maximum Gasteiger partial charge on any atom is 0.261 e. The molecule has 0 aliphatic carbocycles. The number of pyridine rings is 1. The number of H-pyrrole nitrogens is 1. The number of hydrogen-bond donors (Lipinski definition) is 2. The van der Waals surface area contributed by atoms with Gasteiger partial charge in [0.25, 0.3) is 11.5 Å². The Balaban J connectivity index is 1.65. The van der Waals surface area contributed by atoms with Crippen LogP contribution >= 0.6 is 0 Å². The molecule has 4 rings (SSSR count). The Bertz CT molecular complexity index is 1120. The number of aromatic nitrogens is 1. The Morgan fingerprint density at radius 1 is 1.10 bits per heavy atom. The van der Waals surface area contributed by atoms with Gasteiger partial charge in [0.2, 0.25) is 0 Å². The van der Waals surface area contributed by atoms with Crippen LogP contribution in [0.5, 0.6) is 5.75 Å². The van der Waals surface area contributed by atoms with Crippen molar-refractivity contribution in [3.63, 3.8) is 0 Å². The van der Waals surface area contributed by atoms with E-state index < -0.39 is 17.3 Å². The van der Waals surface area contributed by atoms with E-state index >= 15 is 0 Å². The predicted molar refractivity (Wildman–Crippen MR) is 112 cm³/mol. The van der Waals surface area contributed by atoms with Gasteiger partial charge in [-0.15, -0.1) is 0 Å². The molecule has 150 valence electrons. The largest absolute Gasteiger partial charge is 0.495 e. The maximum absolute atomic E-state index is 13.4. The molecule has 0 radical (unpaired) electrons. The molecule has 1 amide bonds. The number of halogens is 1. The lowest BCUT2D eigenvalue weighted by Gasteiger charge is -2.29. The molecule has 29 heavy (non-hydrogen) atoms. The predicted octanol–water partition coefficient (Wildman–Crippen LogP) is 3.92. The fourth-order valence-electron chi connectivity index (χ4n) is 3.67. The van der Waals surface area contributed by atoms with E-state index in [0.717, 1.165) is 31.6 Å². The van der Waals surface area contributed by atoms with E-state index in [2.05, 4.69) is 15.2 Å². The molecule has 7 heteroatoms. The van der Waals surface area contributed by atoms with Crippen LogP contribution in [0.4, 0.5) is 15.8 Å². The molecule has 2 aromatic carbocycles. The highest BCUT2D eigenvalue weighted by molar-refractivity contribution is 6.06. The van der Waals surface area contributed by atoms with Crippen molar-refractivity contribution < 1.29 is 13.9 Å². The summed E-state index contributed by atoms with van der Waals surface area (Å²) in [5, 5.41) is 3.36. The Kier molecular flexibility index (Phi) is 5.20. The summed E-state index contributed by atoms with van der Waals surface area (Å²) < 4.78 is 18.7. The van der Waals surface area contributed by atoms with Crippen molar-refractivity contribution >= 4 is 28.2 Å². The number of hydrogen-bond acceptors (Lipinski definition) is 4. The number of rotatable bonds is 4. The second kappa shape index (κ2) is 7.95. The number of benzene rings is 2. The molecular weight excluding hydrogens is 373 g/mol. The van der Waals surface area contributed by atoms with Crippen molar-refractivity contribution in [2.24, 2.45) is 0 Å². The van der Waals surface area contributed by atoms with Crippen LogP contribution in [0, 0.1) is 5.82 Å². The Labute approximate surface area is 167 Å². The number of methoxy groups -OCH3 is 1. The third kappa shape index (κ3) is 3.94. The SMILES string of the molecule is COc1ccc(N2CCCCC2)cc1NC(=O)c1cc2ccc(F)cc2[nH]c1=O. The van der Waals surface area contributed by atoms with E-state index in [1.165, 1.54) is 37.8 Å². The Hall–Kier alpha value is -3.35.